The van der Waals surface area contributed by atoms with Gasteiger partial charge in [0.2, 0.25) is 4.77 Å². The predicted molar refractivity (Wildman–Crippen MR) is 212 cm³/mol. The maximum absolute atomic E-state index is 6.49. The average Bonchev–Trinajstić information content (AvgIpc) is 3.19. The van der Waals surface area contributed by atoms with E-state index in [0.717, 1.165) is 61.4 Å². The third kappa shape index (κ3) is 6.28. The van der Waals surface area contributed by atoms with Crippen molar-refractivity contribution in [3.63, 3.8) is 0 Å². The van der Waals surface area contributed by atoms with E-state index in [9.17, 15) is 0 Å². The van der Waals surface area contributed by atoms with Crippen LogP contribution in [0.1, 0.15) is 0 Å². The van der Waals surface area contributed by atoms with Crippen LogP contribution in [0.5, 0.6) is 0 Å². The number of hydrogen-bond donors (Lipinski definition) is 0. The molecule has 1 heterocycles. The summed E-state index contributed by atoms with van der Waals surface area (Å²) in [6.07, 6.45) is 0. The molecule has 8 rings (SSSR count). The third-order valence-electron chi connectivity index (χ3n) is 8.80. The first-order valence-corrected chi connectivity index (χ1v) is 17.3. The molecule has 0 aliphatic heterocycles. The Labute approximate surface area is 302 Å². The molecule has 3 nitrogen and oxygen atoms in total. The Morgan fingerprint density at radius 1 is 0.320 bits per heavy atom. The van der Waals surface area contributed by atoms with E-state index in [0.29, 0.717) is 15.4 Å². The van der Waals surface area contributed by atoms with Crippen LogP contribution < -0.4 is 0 Å². The maximum atomic E-state index is 6.49. The first-order valence-electron chi connectivity index (χ1n) is 16.5. The van der Waals surface area contributed by atoms with Gasteiger partial charge in [0.25, 0.3) is 0 Å². The van der Waals surface area contributed by atoms with E-state index in [4.69, 9.17) is 29.4 Å². The van der Waals surface area contributed by atoms with Crippen molar-refractivity contribution in [1.82, 2.24) is 14.1 Å². The minimum atomic E-state index is 0.386. The lowest BCUT2D eigenvalue weighted by molar-refractivity contribution is 0.810. The van der Waals surface area contributed by atoms with Crippen LogP contribution in [0.25, 0.3) is 67.3 Å². The van der Waals surface area contributed by atoms with Crippen LogP contribution in [0, 0.1) is 9.54 Å². The van der Waals surface area contributed by atoms with E-state index >= 15 is 0 Å². The predicted octanol–water partition coefficient (Wildman–Crippen LogP) is 12.5. The van der Waals surface area contributed by atoms with Crippen LogP contribution >= 0.6 is 24.4 Å². The van der Waals surface area contributed by atoms with Crippen molar-refractivity contribution >= 4 is 24.4 Å². The number of rotatable bonds is 7. The van der Waals surface area contributed by atoms with Crippen LogP contribution in [-0.4, -0.2) is 14.1 Å². The van der Waals surface area contributed by atoms with Gasteiger partial charge in [-0.3, -0.25) is 9.13 Å². The molecule has 5 heteroatoms. The van der Waals surface area contributed by atoms with Crippen molar-refractivity contribution in [2.45, 2.75) is 0 Å². The molecule has 7 aromatic carbocycles. The van der Waals surface area contributed by atoms with Crippen molar-refractivity contribution in [1.29, 1.82) is 0 Å². The van der Waals surface area contributed by atoms with Gasteiger partial charge in [-0.1, -0.05) is 152 Å². The van der Waals surface area contributed by atoms with Crippen LogP contribution in [0.4, 0.5) is 0 Å². The van der Waals surface area contributed by atoms with Crippen LogP contribution in [-0.2, 0) is 0 Å². The molecule has 0 saturated heterocycles. The normalized spacial score (nSPS) is 11.0. The second-order valence-electron chi connectivity index (χ2n) is 12.0. The number of hydrogen-bond acceptors (Lipinski definition) is 3. The lowest BCUT2D eigenvalue weighted by Crippen LogP contribution is -2.14. The van der Waals surface area contributed by atoms with Crippen molar-refractivity contribution in [2.75, 3.05) is 0 Å². The van der Waals surface area contributed by atoms with Gasteiger partial charge in [-0.05, 0) is 105 Å². The molecular weight excluding hydrogens is 647 g/mol. The van der Waals surface area contributed by atoms with E-state index in [1.807, 2.05) is 47.0 Å². The van der Waals surface area contributed by atoms with Gasteiger partial charge in [0, 0.05) is 5.56 Å². The van der Waals surface area contributed by atoms with E-state index in [1.54, 1.807) is 0 Å². The molecule has 0 saturated carbocycles. The number of benzene rings is 7. The zero-order valence-electron chi connectivity index (χ0n) is 27.1. The Bertz CT molecular complexity index is 2430. The standard InChI is InChI=1S/C45H31N3S2/c49-44-46-43(36-24-14-5-15-25-36)47(41-28-37(32-16-6-1-7-17-32)26-38(29-41)33-18-8-2-9-19-33)45(50)48(44)42-30-39(34-20-10-3-11-21-34)27-40(31-42)35-22-12-4-13-23-35/h1-31H. The Morgan fingerprint density at radius 3 is 0.960 bits per heavy atom. The Balaban J connectivity index is 1.43. The SMILES string of the molecule is S=c1nc(-c2ccccc2)n(-c2cc(-c3ccccc3)cc(-c3ccccc3)c2)c(=S)n1-c1cc(-c2ccccc2)cc(-c2ccccc2)c1. The molecule has 50 heavy (non-hydrogen) atoms. The third-order valence-corrected chi connectivity index (χ3v) is 9.44. The molecule has 1 aromatic heterocycles. The van der Waals surface area contributed by atoms with Crippen molar-refractivity contribution in [3.05, 3.63) is 198 Å². The number of nitrogens with zero attached hydrogens (tertiary/aromatic N) is 3. The van der Waals surface area contributed by atoms with Gasteiger partial charge < -0.3 is 0 Å². The molecule has 0 amide bonds. The summed E-state index contributed by atoms with van der Waals surface area (Å²) >= 11 is 12.6. The average molecular weight is 678 g/mol. The largest absolute Gasteiger partial charge is 0.270 e. The fourth-order valence-electron chi connectivity index (χ4n) is 6.37. The van der Waals surface area contributed by atoms with Gasteiger partial charge in [-0.2, -0.15) is 0 Å². The lowest BCUT2D eigenvalue weighted by Gasteiger charge is -2.20. The smallest absolute Gasteiger partial charge is 0.208 e. The van der Waals surface area contributed by atoms with E-state index < -0.39 is 0 Å². The molecule has 8 aromatic rings. The molecular formula is C45H31N3S2. The highest BCUT2D eigenvalue weighted by Crippen LogP contribution is 2.34. The molecule has 0 fully saturated rings. The zero-order chi connectivity index (χ0) is 33.9. The summed E-state index contributed by atoms with van der Waals surface area (Å²) in [4.78, 5) is 5.14. The van der Waals surface area contributed by atoms with Gasteiger partial charge >= 0.3 is 0 Å². The lowest BCUT2D eigenvalue weighted by atomic mass is 9.97. The molecule has 0 bridgehead atoms. The summed E-state index contributed by atoms with van der Waals surface area (Å²) in [7, 11) is 0. The van der Waals surface area contributed by atoms with Crippen molar-refractivity contribution in [2.24, 2.45) is 0 Å². The molecule has 0 radical (unpaired) electrons. The molecule has 0 atom stereocenters. The summed E-state index contributed by atoms with van der Waals surface area (Å²) in [6, 6.07) is 64.9. The fourth-order valence-corrected chi connectivity index (χ4v) is 7.09. The van der Waals surface area contributed by atoms with Gasteiger partial charge in [0.1, 0.15) is 5.82 Å². The summed E-state index contributed by atoms with van der Waals surface area (Å²) in [5, 5.41) is 0. The maximum Gasteiger partial charge on any atom is 0.208 e. The monoisotopic (exact) mass is 677 g/mol. The topological polar surface area (TPSA) is 22.8 Å². The molecule has 238 valence electrons. The Morgan fingerprint density at radius 2 is 0.620 bits per heavy atom. The second kappa shape index (κ2) is 13.8. The second-order valence-corrected chi connectivity index (χ2v) is 12.8. The van der Waals surface area contributed by atoms with E-state index in [1.165, 1.54) is 0 Å². The molecule has 0 aliphatic rings. The minimum Gasteiger partial charge on any atom is -0.270 e. The Hall–Kier alpha value is -6.01. The van der Waals surface area contributed by atoms with Crippen LogP contribution in [0.15, 0.2) is 188 Å². The highest BCUT2D eigenvalue weighted by Gasteiger charge is 2.17. The highest BCUT2D eigenvalue weighted by atomic mass is 32.1. The Kier molecular flexibility index (Phi) is 8.66. The van der Waals surface area contributed by atoms with Gasteiger partial charge in [0.05, 0.1) is 11.4 Å². The van der Waals surface area contributed by atoms with E-state index in [-0.39, 0.29) is 0 Å². The first-order chi connectivity index (χ1) is 24.6. The summed E-state index contributed by atoms with van der Waals surface area (Å²) < 4.78 is 4.90. The quantitative estimate of drug-likeness (QED) is 0.157. The first kappa shape index (κ1) is 31.3. The van der Waals surface area contributed by atoms with Gasteiger partial charge in [0.15, 0.2) is 4.77 Å². The van der Waals surface area contributed by atoms with E-state index in [2.05, 4.69) is 150 Å². The van der Waals surface area contributed by atoms with Crippen LogP contribution in [0.2, 0.25) is 0 Å². The van der Waals surface area contributed by atoms with Crippen LogP contribution in [0.3, 0.4) is 0 Å². The van der Waals surface area contributed by atoms with Gasteiger partial charge in [-0.25, -0.2) is 4.98 Å². The fraction of sp³-hybridized carbons (Fsp3) is 0. The zero-order valence-corrected chi connectivity index (χ0v) is 28.7. The van der Waals surface area contributed by atoms with Gasteiger partial charge in [-0.15, -0.1) is 0 Å². The minimum absolute atomic E-state index is 0.386. The summed E-state index contributed by atoms with van der Waals surface area (Å²) in [5.74, 6) is 0.684. The van der Waals surface area contributed by atoms with Crippen molar-refractivity contribution in [3.8, 4) is 67.3 Å². The molecule has 0 unspecified atom stereocenters. The number of aromatic nitrogens is 3. The highest BCUT2D eigenvalue weighted by molar-refractivity contribution is 7.72. The molecule has 0 spiro atoms. The molecule has 0 aliphatic carbocycles. The summed E-state index contributed by atoms with van der Waals surface area (Å²) in [6.45, 7) is 0. The molecule has 0 N–H and O–H groups in total. The summed E-state index contributed by atoms with van der Waals surface area (Å²) in [5.41, 5.74) is 11.4. The van der Waals surface area contributed by atoms with Crippen molar-refractivity contribution < 1.29 is 0 Å².